The highest BCUT2D eigenvalue weighted by atomic mass is 16.2. The minimum Gasteiger partial charge on any atom is -0.339 e. The van der Waals surface area contributed by atoms with Crippen molar-refractivity contribution in [3.63, 3.8) is 0 Å². The summed E-state index contributed by atoms with van der Waals surface area (Å²) in [6.07, 6.45) is 6.78. The SMILES string of the molecule is CN1C(=O)[C@H](c2ccccc2)CC12CCN(Cc1ccncc1)CC2. The van der Waals surface area contributed by atoms with E-state index in [0.29, 0.717) is 0 Å². The third-order valence-electron chi connectivity index (χ3n) is 6.07. The number of carbonyl (C=O) groups excluding carboxylic acids is 1. The van der Waals surface area contributed by atoms with Crippen LogP contribution in [0.15, 0.2) is 54.9 Å². The molecule has 1 atom stereocenters. The van der Waals surface area contributed by atoms with Gasteiger partial charge < -0.3 is 4.90 Å². The lowest BCUT2D eigenvalue weighted by Gasteiger charge is -2.43. The van der Waals surface area contributed by atoms with E-state index in [-0.39, 0.29) is 17.4 Å². The summed E-state index contributed by atoms with van der Waals surface area (Å²) in [6.45, 7) is 3.06. The van der Waals surface area contributed by atoms with Crippen LogP contribution in [0.3, 0.4) is 0 Å². The lowest BCUT2D eigenvalue weighted by atomic mass is 9.81. The lowest BCUT2D eigenvalue weighted by Crippen LogP contribution is -2.51. The van der Waals surface area contributed by atoms with Crippen molar-refractivity contribution >= 4 is 5.91 Å². The number of carbonyl (C=O) groups is 1. The Hall–Kier alpha value is -2.20. The number of hydrogen-bond acceptors (Lipinski definition) is 3. The van der Waals surface area contributed by atoms with Crippen molar-refractivity contribution in [3.05, 3.63) is 66.0 Å². The summed E-state index contributed by atoms with van der Waals surface area (Å²) in [6, 6.07) is 14.4. The maximum absolute atomic E-state index is 12.9. The highest BCUT2D eigenvalue weighted by Gasteiger charge is 2.50. The van der Waals surface area contributed by atoms with Gasteiger partial charge in [-0.2, -0.15) is 0 Å². The van der Waals surface area contributed by atoms with Gasteiger partial charge in [0.1, 0.15) is 0 Å². The molecule has 25 heavy (non-hydrogen) atoms. The second-order valence-electron chi connectivity index (χ2n) is 7.42. The number of likely N-dealkylation sites (N-methyl/N-ethyl adjacent to an activating group) is 1. The Morgan fingerprint density at radius 2 is 1.76 bits per heavy atom. The zero-order valence-corrected chi connectivity index (χ0v) is 14.8. The molecule has 3 heterocycles. The molecule has 0 radical (unpaired) electrons. The molecular formula is C21H25N3O. The predicted octanol–water partition coefficient (Wildman–Crippen LogP) is 3.06. The summed E-state index contributed by atoms with van der Waals surface area (Å²) in [5.41, 5.74) is 2.51. The Bertz CT molecular complexity index is 723. The van der Waals surface area contributed by atoms with Crippen molar-refractivity contribution in [1.82, 2.24) is 14.8 Å². The van der Waals surface area contributed by atoms with Crippen molar-refractivity contribution in [3.8, 4) is 0 Å². The number of pyridine rings is 1. The second-order valence-corrected chi connectivity index (χ2v) is 7.42. The first-order valence-corrected chi connectivity index (χ1v) is 9.12. The van der Waals surface area contributed by atoms with Gasteiger partial charge in [0, 0.05) is 44.6 Å². The molecule has 0 bridgehead atoms. The van der Waals surface area contributed by atoms with Crippen molar-refractivity contribution < 1.29 is 4.79 Å². The zero-order valence-electron chi connectivity index (χ0n) is 14.8. The molecule has 2 fully saturated rings. The number of amides is 1. The quantitative estimate of drug-likeness (QED) is 0.865. The number of likely N-dealkylation sites (tertiary alicyclic amines) is 2. The maximum Gasteiger partial charge on any atom is 0.230 e. The van der Waals surface area contributed by atoms with Gasteiger partial charge in [0.05, 0.1) is 5.92 Å². The van der Waals surface area contributed by atoms with E-state index in [2.05, 4.69) is 39.0 Å². The highest BCUT2D eigenvalue weighted by molar-refractivity contribution is 5.87. The topological polar surface area (TPSA) is 36.4 Å². The van der Waals surface area contributed by atoms with E-state index in [0.717, 1.165) is 44.5 Å². The number of aromatic nitrogens is 1. The molecule has 2 aliphatic rings. The van der Waals surface area contributed by atoms with E-state index in [1.165, 1.54) is 5.56 Å². The number of piperidine rings is 1. The van der Waals surface area contributed by atoms with Crippen LogP contribution in [0.1, 0.15) is 36.3 Å². The fourth-order valence-corrected chi connectivity index (χ4v) is 4.43. The van der Waals surface area contributed by atoms with E-state index in [1.807, 2.05) is 37.6 Å². The first kappa shape index (κ1) is 16.3. The van der Waals surface area contributed by atoms with Gasteiger partial charge in [0.2, 0.25) is 5.91 Å². The molecule has 0 aliphatic carbocycles. The van der Waals surface area contributed by atoms with Crippen LogP contribution in [0.25, 0.3) is 0 Å². The van der Waals surface area contributed by atoms with E-state index < -0.39 is 0 Å². The van der Waals surface area contributed by atoms with Gasteiger partial charge in [-0.1, -0.05) is 30.3 Å². The molecule has 1 aromatic carbocycles. The molecule has 4 heteroatoms. The van der Waals surface area contributed by atoms with E-state index in [1.54, 1.807) is 0 Å². The first-order valence-electron chi connectivity index (χ1n) is 9.12. The second kappa shape index (κ2) is 6.60. The molecule has 0 saturated carbocycles. The molecule has 4 rings (SSSR count). The van der Waals surface area contributed by atoms with Crippen LogP contribution in [0.4, 0.5) is 0 Å². The molecule has 1 amide bonds. The van der Waals surface area contributed by atoms with Gasteiger partial charge in [0.15, 0.2) is 0 Å². The van der Waals surface area contributed by atoms with Crippen molar-refractivity contribution in [2.45, 2.75) is 37.3 Å². The summed E-state index contributed by atoms with van der Waals surface area (Å²) >= 11 is 0. The summed E-state index contributed by atoms with van der Waals surface area (Å²) in [4.78, 5) is 21.5. The van der Waals surface area contributed by atoms with Gasteiger partial charge in [-0.25, -0.2) is 0 Å². The van der Waals surface area contributed by atoms with Crippen LogP contribution in [-0.2, 0) is 11.3 Å². The predicted molar refractivity (Wildman–Crippen MR) is 98.0 cm³/mol. The Morgan fingerprint density at radius 1 is 1.08 bits per heavy atom. The Balaban J connectivity index is 1.44. The lowest BCUT2D eigenvalue weighted by molar-refractivity contribution is -0.131. The Labute approximate surface area is 149 Å². The van der Waals surface area contributed by atoms with E-state index >= 15 is 0 Å². The Kier molecular flexibility index (Phi) is 4.30. The molecule has 1 aromatic heterocycles. The van der Waals surface area contributed by atoms with Gasteiger partial charge in [-0.15, -0.1) is 0 Å². The van der Waals surface area contributed by atoms with Crippen molar-refractivity contribution in [2.24, 2.45) is 0 Å². The molecule has 2 aromatic rings. The van der Waals surface area contributed by atoms with Crippen molar-refractivity contribution in [2.75, 3.05) is 20.1 Å². The van der Waals surface area contributed by atoms with Crippen LogP contribution in [0.5, 0.6) is 0 Å². The molecule has 1 spiro atoms. The van der Waals surface area contributed by atoms with Gasteiger partial charge in [-0.3, -0.25) is 14.7 Å². The fraction of sp³-hybridized carbons (Fsp3) is 0.429. The summed E-state index contributed by atoms with van der Waals surface area (Å²) in [5, 5.41) is 0. The Morgan fingerprint density at radius 3 is 2.44 bits per heavy atom. The molecule has 4 nitrogen and oxygen atoms in total. The third-order valence-corrected chi connectivity index (χ3v) is 6.07. The standard InChI is InChI=1S/C21H25N3O/c1-23-20(25)19(18-5-3-2-4-6-18)15-21(23)9-13-24(14-10-21)16-17-7-11-22-12-8-17/h2-8,11-12,19H,9-10,13-16H2,1H3/t19-/m0/s1. The van der Waals surface area contributed by atoms with E-state index in [9.17, 15) is 4.79 Å². The summed E-state index contributed by atoms with van der Waals surface area (Å²) in [5.74, 6) is 0.312. The average molecular weight is 335 g/mol. The minimum absolute atomic E-state index is 0.0259. The smallest absolute Gasteiger partial charge is 0.230 e. The normalized spacial score (nSPS) is 23.3. The van der Waals surface area contributed by atoms with Crippen LogP contribution >= 0.6 is 0 Å². The molecule has 0 unspecified atom stereocenters. The number of hydrogen-bond donors (Lipinski definition) is 0. The van der Waals surface area contributed by atoms with Crippen LogP contribution in [0, 0.1) is 0 Å². The molecule has 0 N–H and O–H groups in total. The minimum atomic E-state index is 0.0259. The first-order chi connectivity index (χ1) is 12.2. The molecule has 2 saturated heterocycles. The highest BCUT2D eigenvalue weighted by Crippen LogP contribution is 2.44. The van der Waals surface area contributed by atoms with Crippen LogP contribution in [0.2, 0.25) is 0 Å². The monoisotopic (exact) mass is 335 g/mol. The summed E-state index contributed by atoms with van der Waals surface area (Å²) in [7, 11) is 2.00. The van der Waals surface area contributed by atoms with Crippen LogP contribution < -0.4 is 0 Å². The van der Waals surface area contributed by atoms with E-state index in [4.69, 9.17) is 0 Å². The largest absolute Gasteiger partial charge is 0.339 e. The van der Waals surface area contributed by atoms with Gasteiger partial charge in [0.25, 0.3) is 0 Å². The number of rotatable bonds is 3. The maximum atomic E-state index is 12.9. The van der Waals surface area contributed by atoms with Crippen molar-refractivity contribution in [1.29, 1.82) is 0 Å². The molecule has 130 valence electrons. The summed E-state index contributed by atoms with van der Waals surface area (Å²) < 4.78 is 0. The van der Waals surface area contributed by atoms with Gasteiger partial charge in [-0.05, 0) is 42.5 Å². The molecule has 2 aliphatic heterocycles. The number of benzene rings is 1. The zero-order chi connectivity index (χ0) is 17.3. The fourth-order valence-electron chi connectivity index (χ4n) is 4.43. The number of nitrogens with zero attached hydrogens (tertiary/aromatic N) is 3. The molecular weight excluding hydrogens is 310 g/mol. The van der Waals surface area contributed by atoms with Crippen LogP contribution in [-0.4, -0.2) is 46.4 Å². The third kappa shape index (κ3) is 3.07. The van der Waals surface area contributed by atoms with Gasteiger partial charge >= 0.3 is 0 Å². The average Bonchev–Trinajstić information content (AvgIpc) is 2.91.